The van der Waals surface area contributed by atoms with E-state index >= 15 is 0 Å². The Morgan fingerprint density at radius 1 is 0.516 bits per heavy atom. The normalized spacial score (nSPS) is 28.2. The van der Waals surface area contributed by atoms with Crippen LogP contribution in [0, 0.1) is 46.8 Å². The van der Waals surface area contributed by atoms with Gasteiger partial charge in [0.25, 0.3) is 0 Å². The molecule has 0 radical (unpaired) electrons. The van der Waals surface area contributed by atoms with E-state index in [1.54, 1.807) is 0 Å². The first-order valence-electron chi connectivity index (χ1n) is 23.6. The maximum absolute atomic E-state index is 9.41. The molecule has 0 aliphatic heterocycles. The van der Waals surface area contributed by atoms with E-state index in [0.717, 1.165) is 85.3 Å². The predicted octanol–water partition coefficient (Wildman–Crippen LogP) is 14.9. The summed E-state index contributed by atoms with van der Waals surface area (Å²) in [6.07, 6.45) is 14.7. The molecule has 4 bridgehead atoms. The second-order valence-electron chi connectivity index (χ2n) is 20.7. The highest BCUT2D eigenvalue weighted by Gasteiger charge is 2.46. The minimum atomic E-state index is 0.276. The van der Waals surface area contributed by atoms with Crippen LogP contribution in [-0.2, 0) is 10.8 Å². The molecule has 0 spiro atoms. The molecule has 2 unspecified atom stereocenters. The number of hydrogen-bond acceptors (Lipinski definition) is 5. The van der Waals surface area contributed by atoms with Crippen molar-refractivity contribution < 1.29 is 4.42 Å². The van der Waals surface area contributed by atoms with E-state index in [4.69, 9.17) is 19.4 Å². The fourth-order valence-electron chi connectivity index (χ4n) is 13.8. The minimum absolute atomic E-state index is 0.276. The Balaban J connectivity index is 0.949. The average molecular weight is 815 g/mol. The van der Waals surface area contributed by atoms with Crippen LogP contribution in [0.2, 0.25) is 0 Å². The van der Waals surface area contributed by atoms with E-state index in [1.807, 2.05) is 18.2 Å². The molecule has 0 saturated heterocycles. The number of nitriles is 1. The molecular formula is C57H58N4O. The van der Waals surface area contributed by atoms with E-state index in [-0.39, 0.29) is 10.8 Å². The third-order valence-electron chi connectivity index (χ3n) is 15.9. The zero-order chi connectivity index (χ0) is 42.2. The molecule has 5 heteroatoms. The summed E-state index contributed by atoms with van der Waals surface area (Å²) in [6, 6.07) is 41.4. The van der Waals surface area contributed by atoms with Crippen LogP contribution in [0.1, 0.15) is 115 Å². The number of benzene rings is 5. The number of furan rings is 1. The Hall–Kier alpha value is -5.60. The van der Waals surface area contributed by atoms with Crippen molar-refractivity contribution in [1.29, 1.82) is 5.26 Å². The van der Waals surface area contributed by atoms with Crippen molar-refractivity contribution in [1.82, 2.24) is 15.0 Å². The molecule has 5 nitrogen and oxygen atoms in total. The Morgan fingerprint density at radius 3 is 1.47 bits per heavy atom. The summed E-state index contributed by atoms with van der Waals surface area (Å²) in [7, 11) is 0. The fraction of sp³-hybridized carbons (Fsp3) is 0.404. The predicted molar refractivity (Wildman–Crippen MR) is 251 cm³/mol. The summed E-state index contributed by atoms with van der Waals surface area (Å²) in [5, 5.41) is 11.5. The van der Waals surface area contributed by atoms with Gasteiger partial charge in [0.05, 0.1) is 11.6 Å². The van der Waals surface area contributed by atoms with Crippen LogP contribution >= 0.6 is 0 Å². The summed E-state index contributed by atoms with van der Waals surface area (Å²) >= 11 is 0. The fourth-order valence-corrected chi connectivity index (χ4v) is 13.8. The second-order valence-corrected chi connectivity index (χ2v) is 20.7. The lowest BCUT2D eigenvalue weighted by atomic mass is 9.54. The molecular weight excluding hydrogens is 757 g/mol. The van der Waals surface area contributed by atoms with Gasteiger partial charge in [0.1, 0.15) is 11.2 Å². The van der Waals surface area contributed by atoms with Gasteiger partial charge in [-0.25, -0.2) is 15.0 Å². The van der Waals surface area contributed by atoms with Crippen LogP contribution in [0.25, 0.3) is 67.2 Å². The molecule has 7 aromatic rings. The molecule has 0 amide bonds. The van der Waals surface area contributed by atoms with Gasteiger partial charge >= 0.3 is 0 Å². The van der Waals surface area contributed by atoms with Gasteiger partial charge in [-0.15, -0.1) is 0 Å². The Kier molecular flexibility index (Phi) is 9.71. The first kappa shape index (κ1) is 39.3. The molecule has 0 N–H and O–H groups in total. The molecule has 2 aromatic heterocycles. The molecule has 2 heterocycles. The van der Waals surface area contributed by atoms with Crippen LogP contribution in [0.4, 0.5) is 0 Å². The lowest BCUT2D eigenvalue weighted by Gasteiger charge is -2.51. The highest BCUT2D eigenvalue weighted by molar-refractivity contribution is 6.06. The molecule has 312 valence electrons. The summed E-state index contributed by atoms with van der Waals surface area (Å²) in [5.41, 5.74) is 10.8. The number of rotatable bonds is 7. The Bertz CT molecular complexity index is 2810. The summed E-state index contributed by atoms with van der Waals surface area (Å²) < 4.78 is 6.23. The van der Waals surface area contributed by atoms with Gasteiger partial charge in [0.15, 0.2) is 17.5 Å². The van der Waals surface area contributed by atoms with Crippen LogP contribution in [-0.4, -0.2) is 15.0 Å². The zero-order valence-corrected chi connectivity index (χ0v) is 36.8. The van der Waals surface area contributed by atoms with Crippen LogP contribution in [0.15, 0.2) is 114 Å². The molecule has 8 atom stereocenters. The van der Waals surface area contributed by atoms with Gasteiger partial charge in [-0.05, 0) is 163 Å². The molecule has 5 aromatic carbocycles. The van der Waals surface area contributed by atoms with Crippen molar-refractivity contribution in [3.63, 3.8) is 0 Å². The van der Waals surface area contributed by atoms with Crippen LogP contribution in [0.5, 0.6) is 0 Å². The first-order valence-corrected chi connectivity index (χ1v) is 23.6. The second kappa shape index (κ2) is 15.3. The van der Waals surface area contributed by atoms with Gasteiger partial charge in [-0.1, -0.05) is 113 Å². The number of fused-ring (bicyclic) bond motifs is 7. The Labute approximate surface area is 367 Å². The molecule has 4 aliphatic rings. The number of nitrogens with zero attached hydrogens (tertiary/aromatic N) is 4. The zero-order valence-electron chi connectivity index (χ0n) is 36.8. The van der Waals surface area contributed by atoms with Crippen LogP contribution < -0.4 is 0 Å². The van der Waals surface area contributed by atoms with Gasteiger partial charge in [0.2, 0.25) is 0 Å². The summed E-state index contributed by atoms with van der Waals surface area (Å²) in [5.74, 6) is 6.93. The lowest BCUT2D eigenvalue weighted by molar-refractivity contribution is 0.0702. The van der Waals surface area contributed by atoms with Crippen molar-refractivity contribution in [3.05, 3.63) is 126 Å². The van der Waals surface area contributed by atoms with Crippen molar-refractivity contribution in [2.24, 2.45) is 35.5 Å². The molecule has 4 saturated carbocycles. The van der Waals surface area contributed by atoms with E-state index in [1.165, 1.54) is 81.8 Å². The maximum atomic E-state index is 9.41. The van der Waals surface area contributed by atoms with Gasteiger partial charge < -0.3 is 4.42 Å². The van der Waals surface area contributed by atoms with Crippen LogP contribution in [0.3, 0.4) is 0 Å². The standard InChI is InChI=1S/C57H58N4O/c1-5-38-25-41-24-37(4)30-57(31-38,33-41)48-18-13-45(14-19-48)55-60-53(59-54(61-55)44-11-16-47(17-12-44)56-28-35(2)22-40(32-56)23-36(3)29-56)43-9-7-42(8-10-43)46-15-21-50-49-20-6-39(34-58)26-51(49)62-52(50)27-46/h6-21,26-27,35-38,40-41H,5,22-25,28-33H2,1-4H3/t35-,36+,37-,38+,40-,41-,56?,57?/m0/s1. The third-order valence-corrected chi connectivity index (χ3v) is 15.9. The quantitative estimate of drug-likeness (QED) is 0.160. The average Bonchev–Trinajstić information content (AvgIpc) is 3.65. The van der Waals surface area contributed by atoms with Crippen molar-refractivity contribution in [2.45, 2.75) is 109 Å². The Morgan fingerprint density at radius 2 is 0.952 bits per heavy atom. The highest BCUT2D eigenvalue weighted by Crippen LogP contribution is 2.56. The monoisotopic (exact) mass is 814 g/mol. The van der Waals surface area contributed by atoms with Gasteiger partial charge in [-0.2, -0.15) is 5.26 Å². The first-order chi connectivity index (χ1) is 30.1. The molecule has 4 fully saturated rings. The van der Waals surface area contributed by atoms with E-state index in [2.05, 4.69) is 125 Å². The molecule has 4 aliphatic carbocycles. The van der Waals surface area contributed by atoms with Crippen molar-refractivity contribution in [2.75, 3.05) is 0 Å². The molecule has 62 heavy (non-hydrogen) atoms. The SMILES string of the molecule is CC[C@@H]1C[C@@H]2C[C@H](C)CC(c3ccc(-c4nc(-c5ccc(-c6ccc7c(c6)oc6cc(C#N)ccc67)cc5)nc(-c5ccc(C67C[C@H](C)C[C@H](C[C@H](C)C6)C7)cc5)n4)cc3)(C1)C2. The van der Waals surface area contributed by atoms with E-state index < -0.39 is 0 Å². The van der Waals surface area contributed by atoms with Crippen molar-refractivity contribution in [3.8, 4) is 51.4 Å². The van der Waals surface area contributed by atoms with Gasteiger partial charge in [-0.3, -0.25) is 0 Å². The lowest BCUT2D eigenvalue weighted by Crippen LogP contribution is -2.42. The topological polar surface area (TPSA) is 75.6 Å². The third kappa shape index (κ3) is 7.04. The van der Waals surface area contributed by atoms with Gasteiger partial charge in [0, 0.05) is 27.5 Å². The summed E-state index contributed by atoms with van der Waals surface area (Å²) in [4.78, 5) is 15.7. The number of aromatic nitrogens is 3. The van der Waals surface area contributed by atoms with Crippen molar-refractivity contribution >= 4 is 21.9 Å². The van der Waals surface area contributed by atoms with E-state index in [9.17, 15) is 5.26 Å². The minimum Gasteiger partial charge on any atom is -0.456 e. The molecule has 11 rings (SSSR count). The number of hydrogen-bond donors (Lipinski definition) is 0. The van der Waals surface area contributed by atoms with E-state index in [0.29, 0.717) is 23.0 Å². The largest absolute Gasteiger partial charge is 0.456 e. The highest BCUT2D eigenvalue weighted by atomic mass is 16.3. The summed E-state index contributed by atoms with van der Waals surface area (Å²) in [6.45, 7) is 9.79. The maximum Gasteiger partial charge on any atom is 0.164 e. The smallest absolute Gasteiger partial charge is 0.164 e.